The van der Waals surface area contributed by atoms with Crippen molar-refractivity contribution in [2.75, 3.05) is 7.11 Å². The molecule has 1 saturated carbocycles. The zero-order chi connectivity index (χ0) is 18.2. The van der Waals surface area contributed by atoms with E-state index in [1.165, 1.54) is 0 Å². The predicted octanol–water partition coefficient (Wildman–Crippen LogP) is 2.58. The summed E-state index contributed by atoms with van der Waals surface area (Å²) in [6.07, 6.45) is 3.32. The number of rotatable bonds is 10. The highest BCUT2D eigenvalue weighted by atomic mass is 16.5. The molecule has 3 atom stereocenters. The second kappa shape index (κ2) is 9.42. The molecule has 0 radical (unpaired) electrons. The van der Waals surface area contributed by atoms with E-state index in [4.69, 9.17) is 9.84 Å². The lowest BCUT2D eigenvalue weighted by Crippen LogP contribution is -2.50. The van der Waals surface area contributed by atoms with Crippen molar-refractivity contribution in [2.24, 2.45) is 5.92 Å². The molecule has 0 heterocycles. The minimum Gasteiger partial charge on any atom is -0.481 e. The number of carbonyl (C=O) groups excluding carboxylic acids is 1. The minimum absolute atomic E-state index is 0.0239. The molecule has 138 valence electrons. The van der Waals surface area contributed by atoms with Crippen LogP contribution < -0.4 is 10.6 Å². The summed E-state index contributed by atoms with van der Waals surface area (Å²) in [6, 6.07) is 9.16. The molecule has 1 fully saturated rings. The molecule has 25 heavy (non-hydrogen) atoms. The molecule has 3 N–H and O–H groups in total. The predicted molar refractivity (Wildman–Crippen MR) is 95.5 cm³/mol. The van der Waals surface area contributed by atoms with Crippen molar-refractivity contribution in [1.82, 2.24) is 10.6 Å². The number of benzene rings is 1. The van der Waals surface area contributed by atoms with Crippen molar-refractivity contribution in [2.45, 2.75) is 57.2 Å². The largest absolute Gasteiger partial charge is 0.481 e. The van der Waals surface area contributed by atoms with Crippen LogP contribution in [0.1, 0.15) is 38.2 Å². The molecule has 0 spiro atoms. The number of nitrogens with one attached hydrogen (secondary N) is 2. The summed E-state index contributed by atoms with van der Waals surface area (Å²) in [5.41, 5.74) is 1.07. The Bertz CT molecular complexity index is 560. The van der Waals surface area contributed by atoms with Crippen LogP contribution in [-0.4, -0.2) is 42.4 Å². The number of methoxy groups -OCH3 is 1. The Hall–Kier alpha value is -2.08. The summed E-state index contributed by atoms with van der Waals surface area (Å²) in [6.45, 7) is 1.94. The second-order valence-corrected chi connectivity index (χ2v) is 6.76. The van der Waals surface area contributed by atoms with Crippen LogP contribution in [0.3, 0.4) is 0 Å². The molecule has 6 nitrogen and oxygen atoms in total. The quantitative estimate of drug-likeness (QED) is 0.606. The number of urea groups is 1. The summed E-state index contributed by atoms with van der Waals surface area (Å²) in [5.74, 6) is -0.339. The third kappa shape index (κ3) is 6.74. The number of hydrogen-bond acceptors (Lipinski definition) is 3. The zero-order valence-electron chi connectivity index (χ0n) is 14.9. The lowest BCUT2D eigenvalue weighted by molar-refractivity contribution is -0.137. The highest BCUT2D eigenvalue weighted by Crippen LogP contribution is 2.35. The standard InChI is InChI=1S/C19H28N2O4/c1-13(18(25-2)15-8-9-15)20-19(24)21-16(10-11-17(22)23)12-14-6-4-3-5-7-14/h3-7,13,15-16,18H,8-12H2,1-2H3,(H,22,23)(H2,20,21,24). The number of carbonyl (C=O) groups is 2. The number of ether oxygens (including phenoxy) is 1. The average Bonchev–Trinajstić information content (AvgIpc) is 3.39. The van der Waals surface area contributed by atoms with Gasteiger partial charge in [-0.3, -0.25) is 4.79 Å². The fourth-order valence-electron chi connectivity index (χ4n) is 3.17. The third-order valence-electron chi connectivity index (χ3n) is 4.58. The molecule has 2 rings (SSSR count). The second-order valence-electron chi connectivity index (χ2n) is 6.76. The van der Waals surface area contributed by atoms with Gasteiger partial charge in [0.1, 0.15) is 0 Å². The van der Waals surface area contributed by atoms with Crippen molar-refractivity contribution in [3.63, 3.8) is 0 Å². The summed E-state index contributed by atoms with van der Waals surface area (Å²) < 4.78 is 5.50. The number of amides is 2. The molecule has 0 aromatic heterocycles. The van der Waals surface area contributed by atoms with E-state index in [2.05, 4.69) is 10.6 Å². The number of aliphatic carboxylic acids is 1. The van der Waals surface area contributed by atoms with Crippen LogP contribution in [-0.2, 0) is 16.0 Å². The van der Waals surface area contributed by atoms with Gasteiger partial charge >= 0.3 is 12.0 Å². The van der Waals surface area contributed by atoms with E-state index >= 15 is 0 Å². The molecule has 0 aliphatic heterocycles. The Labute approximate surface area is 149 Å². The van der Waals surface area contributed by atoms with Crippen molar-refractivity contribution < 1.29 is 19.4 Å². The van der Waals surface area contributed by atoms with Crippen molar-refractivity contribution in [3.05, 3.63) is 35.9 Å². The number of carboxylic acid groups (broad SMARTS) is 1. The van der Waals surface area contributed by atoms with Crippen molar-refractivity contribution in [3.8, 4) is 0 Å². The van der Waals surface area contributed by atoms with Crippen molar-refractivity contribution >= 4 is 12.0 Å². The number of hydrogen-bond donors (Lipinski definition) is 3. The molecule has 0 saturated heterocycles. The molecule has 1 aliphatic carbocycles. The van der Waals surface area contributed by atoms with Crippen molar-refractivity contribution in [1.29, 1.82) is 0 Å². The van der Waals surface area contributed by atoms with Gasteiger partial charge in [0.2, 0.25) is 0 Å². The van der Waals surface area contributed by atoms with Gasteiger partial charge in [0.25, 0.3) is 0 Å². The molecule has 3 unspecified atom stereocenters. The molecule has 1 aromatic carbocycles. The van der Waals surface area contributed by atoms with Crippen LogP contribution in [0.25, 0.3) is 0 Å². The van der Waals surface area contributed by atoms with Gasteiger partial charge in [-0.25, -0.2) is 4.79 Å². The van der Waals surface area contributed by atoms with Gasteiger partial charge in [0, 0.05) is 19.6 Å². The Kier molecular flexibility index (Phi) is 7.25. The van der Waals surface area contributed by atoms with Gasteiger partial charge < -0.3 is 20.5 Å². The van der Waals surface area contributed by atoms with Gasteiger partial charge in [-0.15, -0.1) is 0 Å². The van der Waals surface area contributed by atoms with Gasteiger partial charge in [0.15, 0.2) is 0 Å². The van der Waals surface area contributed by atoms with Gasteiger partial charge in [-0.2, -0.15) is 0 Å². The maximum absolute atomic E-state index is 12.3. The molecule has 1 aromatic rings. The first-order valence-corrected chi connectivity index (χ1v) is 8.85. The Balaban J connectivity index is 1.89. The summed E-state index contributed by atoms with van der Waals surface area (Å²) in [4.78, 5) is 23.2. The summed E-state index contributed by atoms with van der Waals surface area (Å²) >= 11 is 0. The van der Waals surface area contributed by atoms with Crippen LogP contribution in [0.2, 0.25) is 0 Å². The maximum atomic E-state index is 12.3. The Morgan fingerprint density at radius 1 is 1.24 bits per heavy atom. The van der Waals surface area contributed by atoms with Gasteiger partial charge in [0.05, 0.1) is 12.1 Å². The monoisotopic (exact) mass is 348 g/mol. The first kappa shape index (κ1) is 19.2. The van der Waals surface area contributed by atoms with Crippen LogP contribution in [0.5, 0.6) is 0 Å². The highest BCUT2D eigenvalue weighted by Gasteiger charge is 2.35. The molecular weight excluding hydrogens is 320 g/mol. The normalized spacial score (nSPS) is 17.4. The van der Waals surface area contributed by atoms with E-state index in [1.54, 1.807) is 7.11 Å². The van der Waals surface area contributed by atoms with E-state index in [9.17, 15) is 9.59 Å². The molecule has 6 heteroatoms. The van der Waals surface area contributed by atoms with E-state index in [0.29, 0.717) is 18.8 Å². The minimum atomic E-state index is -0.859. The highest BCUT2D eigenvalue weighted by molar-refractivity contribution is 5.74. The maximum Gasteiger partial charge on any atom is 0.315 e. The van der Waals surface area contributed by atoms with E-state index in [-0.39, 0.29) is 30.6 Å². The molecule has 1 aliphatic rings. The zero-order valence-corrected chi connectivity index (χ0v) is 14.9. The molecule has 0 bridgehead atoms. The fraction of sp³-hybridized carbons (Fsp3) is 0.579. The SMILES string of the molecule is COC(C1CC1)C(C)NC(=O)NC(CCC(=O)O)Cc1ccccc1. The van der Waals surface area contributed by atoms with E-state index < -0.39 is 5.97 Å². The third-order valence-corrected chi connectivity index (χ3v) is 4.58. The first-order valence-electron chi connectivity index (χ1n) is 8.85. The molecular formula is C19H28N2O4. The lowest BCUT2D eigenvalue weighted by Gasteiger charge is -2.25. The smallest absolute Gasteiger partial charge is 0.315 e. The molecule has 2 amide bonds. The van der Waals surface area contributed by atoms with E-state index in [1.807, 2.05) is 37.3 Å². The Morgan fingerprint density at radius 2 is 1.92 bits per heavy atom. The van der Waals surface area contributed by atoms with Gasteiger partial charge in [-0.05, 0) is 44.1 Å². The first-order chi connectivity index (χ1) is 12.0. The van der Waals surface area contributed by atoms with Crippen LogP contribution in [0.4, 0.5) is 4.79 Å². The van der Waals surface area contributed by atoms with E-state index in [0.717, 1.165) is 18.4 Å². The van der Waals surface area contributed by atoms with Crippen LogP contribution in [0.15, 0.2) is 30.3 Å². The lowest BCUT2D eigenvalue weighted by atomic mass is 10.0. The summed E-state index contributed by atoms with van der Waals surface area (Å²) in [5, 5.41) is 14.8. The van der Waals surface area contributed by atoms with Crippen LogP contribution >= 0.6 is 0 Å². The average molecular weight is 348 g/mol. The Morgan fingerprint density at radius 3 is 2.48 bits per heavy atom. The summed E-state index contributed by atoms with van der Waals surface area (Å²) in [7, 11) is 1.67. The van der Waals surface area contributed by atoms with Crippen LogP contribution in [0, 0.1) is 5.92 Å². The fourth-order valence-corrected chi connectivity index (χ4v) is 3.17. The number of carboxylic acids is 1. The van der Waals surface area contributed by atoms with Gasteiger partial charge in [-0.1, -0.05) is 30.3 Å². The topological polar surface area (TPSA) is 87.7 Å².